The van der Waals surface area contributed by atoms with Gasteiger partial charge in [-0.3, -0.25) is 4.79 Å². The quantitative estimate of drug-likeness (QED) is 0.0407. The molecule has 0 rings (SSSR count). The zero-order valence-corrected chi connectivity index (χ0v) is 26.3. The van der Waals surface area contributed by atoms with E-state index in [0.717, 1.165) is 11.0 Å². The van der Waals surface area contributed by atoms with E-state index in [-0.39, 0.29) is 12.6 Å². The van der Waals surface area contributed by atoms with Gasteiger partial charge in [-0.05, 0) is 0 Å². The van der Waals surface area contributed by atoms with Crippen LogP contribution in [-0.2, 0) is 61.6 Å². The maximum Gasteiger partial charge on any atom is 0.302 e. The van der Waals surface area contributed by atoms with Crippen molar-refractivity contribution in [2.45, 2.75) is 6.92 Å². The number of alkyl halides is 1. The number of hydrogen-bond acceptors (Lipinski definition) is 13. The molecule has 0 aromatic rings. The average Bonchev–Trinajstić information content (AvgIpc) is 2.95. The Bertz CT molecular complexity index is 492. The minimum absolute atomic E-state index is 0.260. The highest BCUT2D eigenvalue weighted by molar-refractivity contribution is 14.1. The van der Waals surface area contributed by atoms with Crippen LogP contribution in [0.3, 0.4) is 0 Å². The molecule has 0 spiro atoms. The van der Waals surface area contributed by atoms with Gasteiger partial charge in [-0.1, -0.05) is 22.6 Å². The molecule has 0 heterocycles. The van der Waals surface area contributed by atoms with Crippen LogP contribution in [0.1, 0.15) is 6.92 Å². The third-order valence-corrected chi connectivity index (χ3v) is 4.91. The van der Waals surface area contributed by atoms with Crippen molar-refractivity contribution in [1.82, 2.24) is 0 Å². The molecule has 0 aliphatic heterocycles. The predicted octanol–water partition coefficient (Wildman–Crippen LogP) is 1.17. The normalized spacial score (nSPS) is 11.3. The lowest BCUT2D eigenvalue weighted by Crippen LogP contribution is -2.15. The monoisotopic (exact) mass is 698 g/mol. The first-order valence-corrected chi connectivity index (χ1v) is 15.3. The van der Waals surface area contributed by atoms with E-state index in [1.165, 1.54) is 6.92 Å². The molecule has 14 heteroatoms. The van der Waals surface area contributed by atoms with Crippen molar-refractivity contribution in [3.63, 3.8) is 0 Å². The van der Waals surface area contributed by atoms with Crippen molar-refractivity contribution in [1.29, 1.82) is 0 Å². The molecule has 0 fully saturated rings. The summed E-state index contributed by atoms with van der Waals surface area (Å²) in [7, 11) is 0. The van der Waals surface area contributed by atoms with Crippen molar-refractivity contribution < 1.29 is 61.6 Å². The Kier molecular flexibility index (Phi) is 36.6. The molecule has 0 saturated heterocycles. The Balaban J connectivity index is 3.03. The molecule has 0 amide bonds. The third-order valence-electron chi connectivity index (χ3n) is 4.47. The van der Waals surface area contributed by atoms with E-state index in [1.807, 2.05) is 0 Å². The first-order valence-electron chi connectivity index (χ1n) is 13.8. The molecule has 0 bridgehead atoms. The molecule has 0 aliphatic rings. The molecule has 0 aliphatic carbocycles. The predicted molar refractivity (Wildman–Crippen MR) is 155 cm³/mol. The molecule has 0 radical (unpaired) electrons. The summed E-state index contributed by atoms with van der Waals surface area (Å²) >= 11 is 2.27. The van der Waals surface area contributed by atoms with Crippen molar-refractivity contribution >= 4 is 28.6 Å². The summed E-state index contributed by atoms with van der Waals surface area (Å²) in [6.45, 7) is 13.1. The summed E-state index contributed by atoms with van der Waals surface area (Å²) in [5, 5.41) is 0. The highest BCUT2D eigenvalue weighted by Crippen LogP contribution is 1.88. The summed E-state index contributed by atoms with van der Waals surface area (Å²) in [4.78, 5) is 10.6. The van der Waals surface area contributed by atoms with Gasteiger partial charge in [0.1, 0.15) is 6.61 Å². The molecular formula is C26H51IO13. The Morgan fingerprint density at radius 1 is 0.350 bits per heavy atom. The fourth-order valence-electron chi connectivity index (χ4n) is 2.60. The van der Waals surface area contributed by atoms with Crippen molar-refractivity contribution in [3.05, 3.63) is 0 Å². The van der Waals surface area contributed by atoms with Crippen LogP contribution >= 0.6 is 22.6 Å². The number of carbonyl (C=O) groups excluding carboxylic acids is 1. The molecule has 0 aromatic heterocycles. The standard InChI is InChI=1S/C26H51IO13/c1-26(28)40-25-24-39-23-22-38-21-20-37-19-18-36-17-16-35-15-14-34-13-12-33-11-10-32-9-8-31-7-6-30-5-4-29-3-2-27/h2-25H2,1H3. The molecule has 40 heavy (non-hydrogen) atoms. The van der Waals surface area contributed by atoms with Crippen LogP contribution in [-0.4, -0.2) is 162 Å². The second kappa shape index (κ2) is 36.8. The molecule has 0 atom stereocenters. The molecule has 0 aromatic carbocycles. The number of ether oxygens (including phenoxy) is 12. The van der Waals surface area contributed by atoms with Crippen molar-refractivity contribution in [2.24, 2.45) is 0 Å². The number of halogens is 1. The summed E-state index contributed by atoms with van der Waals surface area (Å²) in [5.74, 6) is -0.310. The Morgan fingerprint density at radius 3 is 0.700 bits per heavy atom. The summed E-state index contributed by atoms with van der Waals surface area (Å²) in [6, 6.07) is 0. The van der Waals surface area contributed by atoms with Crippen LogP contribution in [0, 0.1) is 0 Å². The molecule has 0 saturated carbocycles. The minimum Gasteiger partial charge on any atom is -0.463 e. The van der Waals surface area contributed by atoms with E-state index in [4.69, 9.17) is 56.8 Å². The SMILES string of the molecule is CC(=O)OCCOCCOCCOCCOCCOCCOCCOCCOCCOCCOCCOCCI. The van der Waals surface area contributed by atoms with Crippen LogP contribution < -0.4 is 0 Å². The Hall–Kier alpha value is -0.240. The maximum absolute atomic E-state index is 10.6. The highest BCUT2D eigenvalue weighted by atomic mass is 127. The number of carbonyl (C=O) groups is 1. The van der Waals surface area contributed by atoms with Gasteiger partial charge >= 0.3 is 5.97 Å². The van der Waals surface area contributed by atoms with E-state index < -0.39 is 0 Å². The summed E-state index contributed by atoms with van der Waals surface area (Å²) < 4.78 is 65.2. The number of hydrogen-bond donors (Lipinski definition) is 0. The van der Waals surface area contributed by atoms with Crippen LogP contribution in [0.25, 0.3) is 0 Å². The average molecular weight is 699 g/mol. The highest BCUT2D eigenvalue weighted by Gasteiger charge is 1.97. The summed E-state index contributed by atoms with van der Waals surface area (Å²) in [6.07, 6.45) is 0. The van der Waals surface area contributed by atoms with Crippen LogP contribution in [0.15, 0.2) is 0 Å². The van der Waals surface area contributed by atoms with Gasteiger partial charge in [0, 0.05) is 11.4 Å². The van der Waals surface area contributed by atoms with Gasteiger partial charge in [-0.15, -0.1) is 0 Å². The summed E-state index contributed by atoms with van der Waals surface area (Å²) in [5.41, 5.74) is 0. The van der Waals surface area contributed by atoms with E-state index >= 15 is 0 Å². The van der Waals surface area contributed by atoms with E-state index in [2.05, 4.69) is 22.6 Å². The van der Waals surface area contributed by atoms with Gasteiger partial charge < -0.3 is 56.8 Å². The first-order chi connectivity index (χ1) is 19.8. The van der Waals surface area contributed by atoms with Crippen molar-refractivity contribution in [3.8, 4) is 0 Å². The van der Waals surface area contributed by atoms with Gasteiger partial charge in [-0.2, -0.15) is 0 Å². The van der Waals surface area contributed by atoms with Crippen LogP contribution in [0.2, 0.25) is 0 Å². The lowest BCUT2D eigenvalue weighted by Gasteiger charge is -2.09. The Morgan fingerprint density at radius 2 is 0.525 bits per heavy atom. The largest absolute Gasteiger partial charge is 0.463 e. The molecule has 0 N–H and O–H groups in total. The lowest BCUT2D eigenvalue weighted by atomic mass is 10.6. The smallest absolute Gasteiger partial charge is 0.302 e. The zero-order valence-electron chi connectivity index (χ0n) is 24.2. The fourth-order valence-corrected chi connectivity index (χ4v) is 2.91. The molecule has 13 nitrogen and oxygen atoms in total. The van der Waals surface area contributed by atoms with Crippen LogP contribution in [0.5, 0.6) is 0 Å². The van der Waals surface area contributed by atoms with Gasteiger partial charge in [-0.25, -0.2) is 0 Å². The fraction of sp³-hybridized carbons (Fsp3) is 0.962. The van der Waals surface area contributed by atoms with E-state index in [9.17, 15) is 4.79 Å². The third kappa shape index (κ3) is 37.8. The first kappa shape index (κ1) is 39.8. The van der Waals surface area contributed by atoms with Gasteiger partial charge in [0.2, 0.25) is 0 Å². The zero-order chi connectivity index (χ0) is 29.0. The van der Waals surface area contributed by atoms with Gasteiger partial charge in [0.05, 0.1) is 145 Å². The maximum atomic E-state index is 10.6. The van der Waals surface area contributed by atoms with Crippen molar-refractivity contribution in [2.75, 3.05) is 156 Å². The Labute approximate surface area is 253 Å². The minimum atomic E-state index is -0.310. The molecule has 240 valence electrons. The topological polar surface area (TPSA) is 128 Å². The van der Waals surface area contributed by atoms with Crippen LogP contribution in [0.4, 0.5) is 0 Å². The number of esters is 1. The molecule has 0 unspecified atom stereocenters. The number of rotatable bonds is 35. The molecular weight excluding hydrogens is 647 g/mol. The van der Waals surface area contributed by atoms with E-state index in [1.54, 1.807) is 0 Å². The second-order valence-corrected chi connectivity index (χ2v) is 8.84. The van der Waals surface area contributed by atoms with E-state index in [0.29, 0.717) is 139 Å². The lowest BCUT2D eigenvalue weighted by molar-refractivity contribution is -0.142. The van der Waals surface area contributed by atoms with Gasteiger partial charge in [0.25, 0.3) is 0 Å². The van der Waals surface area contributed by atoms with Gasteiger partial charge in [0.15, 0.2) is 0 Å². The second-order valence-electron chi connectivity index (χ2n) is 7.77.